The van der Waals surface area contributed by atoms with E-state index in [9.17, 15) is 4.79 Å². The van der Waals surface area contributed by atoms with E-state index in [0.29, 0.717) is 11.3 Å². The van der Waals surface area contributed by atoms with Crippen molar-refractivity contribution in [2.45, 2.75) is 32.1 Å². The van der Waals surface area contributed by atoms with Crippen LogP contribution in [-0.4, -0.2) is 30.9 Å². The Morgan fingerprint density at radius 3 is 2.66 bits per heavy atom. The van der Waals surface area contributed by atoms with Gasteiger partial charge < -0.3 is 19.4 Å². The molecule has 0 bridgehead atoms. The molecule has 3 N–H and O–H groups in total. The molecule has 0 aliphatic carbocycles. The Hall–Kier alpha value is -3.03. The number of nitrogens with one attached hydrogen (secondary N) is 3. The summed E-state index contributed by atoms with van der Waals surface area (Å²) in [5, 5.41) is 4.18. The zero-order valence-corrected chi connectivity index (χ0v) is 16.9. The summed E-state index contributed by atoms with van der Waals surface area (Å²) >= 11 is 0. The quantitative estimate of drug-likeness (QED) is 0.599. The van der Waals surface area contributed by atoms with Gasteiger partial charge in [0.15, 0.2) is 0 Å². The van der Waals surface area contributed by atoms with Gasteiger partial charge in [-0.05, 0) is 49.4 Å². The van der Waals surface area contributed by atoms with E-state index in [1.807, 2.05) is 18.2 Å². The molecule has 0 saturated carbocycles. The van der Waals surface area contributed by atoms with Crippen LogP contribution in [-0.2, 0) is 6.54 Å². The maximum atomic E-state index is 12.6. The Kier molecular flexibility index (Phi) is 5.42. The number of aromatic nitrogens is 1. The van der Waals surface area contributed by atoms with Crippen LogP contribution >= 0.6 is 0 Å². The number of nitrogens with zero attached hydrogens (tertiary/aromatic N) is 1. The number of aryl methyl sites for hydroxylation is 1. The van der Waals surface area contributed by atoms with Crippen molar-refractivity contribution < 1.29 is 14.3 Å². The fraction of sp³-hybridized carbons (Fsp3) is 0.318. The molecular weight excluding hydrogens is 368 g/mol. The van der Waals surface area contributed by atoms with Gasteiger partial charge in [0, 0.05) is 35.1 Å². The van der Waals surface area contributed by atoms with Gasteiger partial charge in [0.05, 0.1) is 26.4 Å². The highest BCUT2D eigenvalue weighted by Crippen LogP contribution is 2.30. The number of methoxy groups -OCH3 is 2. The van der Waals surface area contributed by atoms with Gasteiger partial charge in [0.1, 0.15) is 11.5 Å². The normalized spacial score (nSPS) is 18.7. The molecule has 29 heavy (non-hydrogen) atoms. The maximum absolute atomic E-state index is 12.6. The molecule has 152 valence electrons. The van der Waals surface area contributed by atoms with Crippen molar-refractivity contribution in [1.29, 1.82) is 0 Å². The fourth-order valence-corrected chi connectivity index (χ4v) is 3.89. The average Bonchev–Trinajstić information content (AvgIpc) is 3.36. The lowest BCUT2D eigenvalue weighted by Crippen LogP contribution is -2.44. The van der Waals surface area contributed by atoms with Crippen LogP contribution in [0.1, 0.15) is 35.4 Å². The lowest BCUT2D eigenvalue weighted by molar-refractivity contribution is 0.0932. The minimum atomic E-state index is -0.170. The van der Waals surface area contributed by atoms with E-state index in [1.165, 1.54) is 11.2 Å². The van der Waals surface area contributed by atoms with Gasteiger partial charge in [-0.25, -0.2) is 10.9 Å². The molecule has 4 rings (SSSR count). The Morgan fingerprint density at radius 1 is 1.10 bits per heavy atom. The highest BCUT2D eigenvalue weighted by molar-refractivity contribution is 5.94. The van der Waals surface area contributed by atoms with Crippen molar-refractivity contribution in [3.63, 3.8) is 0 Å². The third-order valence-corrected chi connectivity index (χ3v) is 5.35. The van der Waals surface area contributed by atoms with Crippen LogP contribution in [0.4, 0.5) is 0 Å². The van der Waals surface area contributed by atoms with Gasteiger partial charge in [-0.2, -0.15) is 0 Å². The molecule has 2 heterocycles. The van der Waals surface area contributed by atoms with Gasteiger partial charge in [-0.1, -0.05) is 6.07 Å². The number of rotatable bonds is 6. The summed E-state index contributed by atoms with van der Waals surface area (Å²) in [4.78, 5) is 12.6. The Balaban J connectivity index is 1.50. The van der Waals surface area contributed by atoms with Crippen LogP contribution in [0.5, 0.6) is 11.5 Å². The Labute approximate surface area is 170 Å². The van der Waals surface area contributed by atoms with Crippen molar-refractivity contribution in [3.05, 3.63) is 59.8 Å². The molecule has 2 unspecified atom stereocenters. The molecule has 1 fully saturated rings. The standard InChI is InChI=1S/C22H26N4O3/c1-4-26-19-9-8-17(29-3)11-15(19)12-20(26)18-13-21(25-24-18)23-22(27)14-6-5-7-16(10-14)28-2/h5-12,18,21,24-25H,4,13H2,1-3H3,(H,23,27). The van der Waals surface area contributed by atoms with E-state index in [-0.39, 0.29) is 18.1 Å². The van der Waals surface area contributed by atoms with Crippen molar-refractivity contribution in [3.8, 4) is 11.5 Å². The third kappa shape index (κ3) is 3.79. The van der Waals surface area contributed by atoms with Gasteiger partial charge in [-0.3, -0.25) is 4.79 Å². The van der Waals surface area contributed by atoms with Crippen molar-refractivity contribution in [2.24, 2.45) is 0 Å². The van der Waals surface area contributed by atoms with E-state index in [4.69, 9.17) is 9.47 Å². The van der Waals surface area contributed by atoms with Crippen LogP contribution in [0.2, 0.25) is 0 Å². The minimum absolute atomic E-state index is 0.0870. The highest BCUT2D eigenvalue weighted by atomic mass is 16.5. The van der Waals surface area contributed by atoms with Crippen LogP contribution in [0.3, 0.4) is 0 Å². The van der Waals surface area contributed by atoms with Crippen LogP contribution in [0.25, 0.3) is 10.9 Å². The number of hydrazine groups is 1. The molecule has 7 heteroatoms. The first-order valence-corrected chi connectivity index (χ1v) is 9.76. The number of hydrogen-bond donors (Lipinski definition) is 3. The van der Waals surface area contributed by atoms with Crippen LogP contribution < -0.4 is 25.6 Å². The largest absolute Gasteiger partial charge is 0.497 e. The predicted molar refractivity (Wildman–Crippen MR) is 112 cm³/mol. The molecule has 1 saturated heterocycles. The summed E-state index contributed by atoms with van der Waals surface area (Å²) in [5.74, 6) is 1.37. The van der Waals surface area contributed by atoms with E-state index in [0.717, 1.165) is 24.1 Å². The summed E-state index contributed by atoms with van der Waals surface area (Å²) in [7, 11) is 3.27. The molecule has 2 atom stereocenters. The van der Waals surface area contributed by atoms with Gasteiger partial charge >= 0.3 is 0 Å². The average molecular weight is 394 g/mol. The topological polar surface area (TPSA) is 76.6 Å². The molecular formula is C22H26N4O3. The zero-order valence-electron chi connectivity index (χ0n) is 16.9. The maximum Gasteiger partial charge on any atom is 0.252 e. The molecule has 1 amide bonds. The number of fused-ring (bicyclic) bond motifs is 1. The first-order valence-electron chi connectivity index (χ1n) is 9.76. The SMILES string of the molecule is CCn1c(C2CC(NC(=O)c3cccc(OC)c3)NN2)cc2cc(OC)ccc21. The first kappa shape index (κ1) is 19.3. The smallest absolute Gasteiger partial charge is 0.252 e. The molecule has 1 aliphatic heterocycles. The molecule has 1 aliphatic rings. The van der Waals surface area contributed by atoms with E-state index in [2.05, 4.69) is 45.9 Å². The molecule has 3 aromatic rings. The summed E-state index contributed by atoms with van der Waals surface area (Å²) in [6.07, 6.45) is 0.569. The van der Waals surface area contributed by atoms with Gasteiger partial charge in [0.2, 0.25) is 0 Å². The van der Waals surface area contributed by atoms with Crippen molar-refractivity contribution in [1.82, 2.24) is 20.7 Å². The Bertz CT molecular complexity index is 1030. The van der Waals surface area contributed by atoms with Crippen LogP contribution in [0.15, 0.2) is 48.5 Å². The van der Waals surface area contributed by atoms with Crippen molar-refractivity contribution in [2.75, 3.05) is 14.2 Å². The second-order valence-corrected chi connectivity index (χ2v) is 7.07. The number of hydrogen-bond acceptors (Lipinski definition) is 5. The summed E-state index contributed by atoms with van der Waals surface area (Å²) in [6, 6.07) is 15.5. The second-order valence-electron chi connectivity index (χ2n) is 7.07. The third-order valence-electron chi connectivity index (χ3n) is 5.35. The van der Waals surface area contributed by atoms with E-state index >= 15 is 0 Å². The predicted octanol–water partition coefficient (Wildman–Crippen LogP) is 2.97. The number of benzene rings is 2. The number of carbonyl (C=O) groups excluding carboxylic acids is 1. The summed E-state index contributed by atoms with van der Waals surface area (Å²) in [6.45, 7) is 3.00. The van der Waals surface area contributed by atoms with E-state index in [1.54, 1.807) is 26.4 Å². The number of amides is 1. The molecule has 2 aromatic carbocycles. The number of ether oxygens (including phenoxy) is 2. The fourth-order valence-electron chi connectivity index (χ4n) is 3.89. The van der Waals surface area contributed by atoms with Gasteiger partial charge in [-0.15, -0.1) is 0 Å². The second kappa shape index (κ2) is 8.14. The number of carbonyl (C=O) groups is 1. The zero-order chi connectivity index (χ0) is 20.4. The monoisotopic (exact) mass is 394 g/mol. The van der Waals surface area contributed by atoms with Gasteiger partial charge in [0.25, 0.3) is 5.91 Å². The highest BCUT2D eigenvalue weighted by Gasteiger charge is 2.29. The summed E-state index contributed by atoms with van der Waals surface area (Å²) in [5.41, 5.74) is 9.46. The Morgan fingerprint density at radius 2 is 1.90 bits per heavy atom. The minimum Gasteiger partial charge on any atom is -0.497 e. The first-order chi connectivity index (χ1) is 14.1. The summed E-state index contributed by atoms with van der Waals surface area (Å²) < 4.78 is 12.8. The lowest BCUT2D eigenvalue weighted by atomic mass is 10.1. The van der Waals surface area contributed by atoms with Crippen LogP contribution in [0, 0.1) is 0 Å². The molecule has 0 spiro atoms. The van der Waals surface area contributed by atoms with E-state index < -0.39 is 0 Å². The lowest BCUT2D eigenvalue weighted by Gasteiger charge is -2.14. The molecule has 1 aromatic heterocycles. The van der Waals surface area contributed by atoms with Crippen molar-refractivity contribution >= 4 is 16.8 Å². The molecule has 0 radical (unpaired) electrons. The molecule has 7 nitrogen and oxygen atoms in total.